The molecule has 0 bridgehead atoms. The SMILES string of the molecule is O=c1ccn(C2CCC(CO[P+](O)(O)O)O2)c(=O)[nH]1. The summed E-state index contributed by atoms with van der Waals surface area (Å²) in [6, 6.07) is 1.21. The summed E-state index contributed by atoms with van der Waals surface area (Å²) in [5.41, 5.74) is -1.07. The largest absolute Gasteiger partial charge is 0.567 e. The zero-order valence-corrected chi connectivity index (χ0v) is 10.7. The third kappa shape index (κ3) is 3.93. The van der Waals surface area contributed by atoms with Crippen LogP contribution in [0.3, 0.4) is 0 Å². The van der Waals surface area contributed by atoms with Gasteiger partial charge in [-0.05, 0) is 12.8 Å². The number of rotatable bonds is 4. The first-order valence-electron chi connectivity index (χ1n) is 5.54. The Morgan fingerprint density at radius 3 is 2.79 bits per heavy atom. The molecule has 2 rings (SSSR count). The number of aromatic nitrogens is 2. The van der Waals surface area contributed by atoms with E-state index in [4.69, 9.17) is 19.4 Å². The monoisotopic (exact) mass is 293 g/mol. The Balaban J connectivity index is 1.98. The van der Waals surface area contributed by atoms with Crippen LogP contribution in [0.2, 0.25) is 0 Å². The number of hydrogen-bond donors (Lipinski definition) is 4. The Morgan fingerprint density at radius 2 is 2.16 bits per heavy atom. The quantitative estimate of drug-likeness (QED) is 0.517. The van der Waals surface area contributed by atoms with Crippen LogP contribution in [-0.2, 0) is 9.26 Å². The zero-order chi connectivity index (χ0) is 14.0. The van der Waals surface area contributed by atoms with Gasteiger partial charge in [-0.15, -0.1) is 0 Å². The fraction of sp³-hybridized carbons (Fsp3) is 0.556. The molecule has 0 spiro atoms. The molecule has 2 unspecified atom stereocenters. The number of aromatic amines is 1. The second kappa shape index (κ2) is 5.49. The molecule has 4 N–H and O–H groups in total. The van der Waals surface area contributed by atoms with E-state index in [1.54, 1.807) is 0 Å². The van der Waals surface area contributed by atoms with Gasteiger partial charge >= 0.3 is 13.9 Å². The number of nitrogens with one attached hydrogen (secondary N) is 1. The van der Waals surface area contributed by atoms with Gasteiger partial charge in [0, 0.05) is 12.3 Å². The van der Waals surface area contributed by atoms with E-state index in [9.17, 15) is 9.59 Å². The summed E-state index contributed by atoms with van der Waals surface area (Å²) in [5, 5.41) is 0. The molecular weight excluding hydrogens is 279 g/mol. The predicted octanol–water partition coefficient (Wildman–Crippen LogP) is -1.11. The van der Waals surface area contributed by atoms with Crippen LogP contribution in [-0.4, -0.2) is 36.9 Å². The second-order valence-corrected chi connectivity index (χ2v) is 5.40. The number of ether oxygens (including phenoxy) is 1. The molecule has 1 aromatic heterocycles. The van der Waals surface area contributed by atoms with Gasteiger partial charge in [-0.25, -0.2) is 4.79 Å². The van der Waals surface area contributed by atoms with E-state index >= 15 is 0 Å². The zero-order valence-electron chi connectivity index (χ0n) is 9.80. The number of hydrogen-bond acceptors (Lipinski definition) is 7. The molecule has 1 fully saturated rings. The van der Waals surface area contributed by atoms with E-state index in [1.165, 1.54) is 16.8 Å². The molecule has 1 aliphatic heterocycles. The van der Waals surface area contributed by atoms with E-state index in [-0.39, 0.29) is 6.61 Å². The third-order valence-electron chi connectivity index (χ3n) is 2.68. The maximum absolute atomic E-state index is 11.5. The first-order chi connectivity index (χ1) is 8.85. The molecule has 1 saturated heterocycles. The van der Waals surface area contributed by atoms with Crippen LogP contribution in [0.4, 0.5) is 0 Å². The van der Waals surface area contributed by atoms with Gasteiger partial charge in [0.2, 0.25) is 0 Å². The molecule has 106 valence electrons. The first kappa shape index (κ1) is 14.3. The minimum Gasteiger partial charge on any atom is -0.352 e. The third-order valence-corrected chi connectivity index (χ3v) is 3.18. The summed E-state index contributed by atoms with van der Waals surface area (Å²) < 4.78 is 11.2. The fourth-order valence-electron chi connectivity index (χ4n) is 1.85. The average Bonchev–Trinajstić information content (AvgIpc) is 2.74. The van der Waals surface area contributed by atoms with Crippen molar-refractivity contribution in [2.45, 2.75) is 25.2 Å². The van der Waals surface area contributed by atoms with Gasteiger partial charge in [0.1, 0.15) is 12.8 Å². The molecule has 19 heavy (non-hydrogen) atoms. The van der Waals surface area contributed by atoms with Gasteiger partial charge in [0.15, 0.2) is 0 Å². The lowest BCUT2D eigenvalue weighted by Gasteiger charge is -2.14. The molecule has 1 aromatic rings. The summed E-state index contributed by atoms with van der Waals surface area (Å²) in [6.45, 7) is -0.189. The maximum atomic E-state index is 11.5. The fourth-order valence-corrected chi connectivity index (χ4v) is 2.22. The van der Waals surface area contributed by atoms with Crippen LogP contribution >= 0.6 is 8.17 Å². The van der Waals surface area contributed by atoms with E-state index in [2.05, 4.69) is 9.51 Å². The highest BCUT2D eigenvalue weighted by Crippen LogP contribution is 2.46. The molecule has 0 amide bonds. The van der Waals surface area contributed by atoms with Crippen molar-refractivity contribution in [3.05, 3.63) is 33.1 Å². The highest BCUT2D eigenvalue weighted by Gasteiger charge is 2.37. The van der Waals surface area contributed by atoms with Gasteiger partial charge in [-0.3, -0.25) is 14.3 Å². The molecule has 2 atom stereocenters. The Hall–Kier alpha value is -1.09. The van der Waals surface area contributed by atoms with Crippen LogP contribution in [0, 0.1) is 0 Å². The lowest BCUT2D eigenvalue weighted by Crippen LogP contribution is -2.31. The van der Waals surface area contributed by atoms with Crippen molar-refractivity contribution in [3.63, 3.8) is 0 Å². The summed E-state index contributed by atoms with van der Waals surface area (Å²) in [6.07, 6.45) is 1.34. The molecule has 1 aliphatic rings. The number of nitrogens with zero attached hydrogens (tertiary/aromatic N) is 1. The minimum atomic E-state index is -4.27. The van der Waals surface area contributed by atoms with E-state index in [1.807, 2.05) is 0 Å². The predicted molar refractivity (Wildman–Crippen MR) is 64.0 cm³/mol. The van der Waals surface area contributed by atoms with E-state index in [0.29, 0.717) is 12.8 Å². The normalized spacial score (nSPS) is 23.7. The lowest BCUT2D eigenvalue weighted by atomic mass is 10.2. The standard InChI is InChI=1S/C9H13N2O7P/c12-7-3-4-11(9(13)10-7)8-2-1-6(18-8)5-17-19(14,15)16/h3-4,6,8,14-16H,1-2,5H2/p+1. The van der Waals surface area contributed by atoms with Crippen LogP contribution in [0.25, 0.3) is 0 Å². The minimum absolute atomic E-state index is 0.189. The van der Waals surface area contributed by atoms with Gasteiger partial charge in [0.25, 0.3) is 5.56 Å². The molecule has 0 saturated carbocycles. The number of H-pyrrole nitrogens is 1. The Bertz CT molecular complexity index is 548. The van der Waals surface area contributed by atoms with Crippen molar-refractivity contribution in [3.8, 4) is 0 Å². The van der Waals surface area contributed by atoms with Crippen molar-refractivity contribution in [2.75, 3.05) is 6.61 Å². The molecular formula is C9H14N2O7P+. The molecule has 0 radical (unpaired) electrons. The highest BCUT2D eigenvalue weighted by atomic mass is 31.2. The topological polar surface area (TPSA) is 134 Å². The smallest absolute Gasteiger partial charge is 0.352 e. The molecule has 10 heteroatoms. The van der Waals surface area contributed by atoms with Crippen molar-refractivity contribution >= 4 is 8.17 Å². The molecule has 0 aliphatic carbocycles. The van der Waals surface area contributed by atoms with Crippen LogP contribution < -0.4 is 11.2 Å². The first-order valence-corrected chi connectivity index (χ1v) is 7.10. The van der Waals surface area contributed by atoms with Crippen molar-refractivity contribution in [1.82, 2.24) is 9.55 Å². The van der Waals surface area contributed by atoms with E-state index in [0.717, 1.165) is 0 Å². The molecule has 2 heterocycles. The maximum Gasteiger partial charge on any atom is 0.567 e. The highest BCUT2D eigenvalue weighted by molar-refractivity contribution is 7.53. The van der Waals surface area contributed by atoms with E-state index < -0.39 is 31.8 Å². The summed E-state index contributed by atoms with van der Waals surface area (Å²) in [5.74, 6) is 0. The second-order valence-electron chi connectivity index (χ2n) is 4.12. The molecule has 0 aromatic carbocycles. The van der Waals surface area contributed by atoms with Crippen LogP contribution in [0.1, 0.15) is 19.1 Å². The summed E-state index contributed by atoms with van der Waals surface area (Å²) >= 11 is 0. The Kier molecular flexibility index (Phi) is 4.14. The van der Waals surface area contributed by atoms with Crippen molar-refractivity contribution in [1.29, 1.82) is 0 Å². The summed E-state index contributed by atoms with van der Waals surface area (Å²) in [7, 11) is -4.27. The van der Waals surface area contributed by atoms with Crippen molar-refractivity contribution < 1.29 is 23.9 Å². The van der Waals surface area contributed by atoms with Crippen LogP contribution in [0.5, 0.6) is 0 Å². The lowest BCUT2D eigenvalue weighted by molar-refractivity contribution is -0.0271. The Morgan fingerprint density at radius 1 is 1.42 bits per heavy atom. The summed E-state index contributed by atoms with van der Waals surface area (Å²) in [4.78, 5) is 50.6. The molecule has 9 nitrogen and oxygen atoms in total. The van der Waals surface area contributed by atoms with Crippen molar-refractivity contribution in [2.24, 2.45) is 0 Å². The Labute approximate surface area is 107 Å². The van der Waals surface area contributed by atoms with Crippen LogP contribution in [0.15, 0.2) is 21.9 Å². The van der Waals surface area contributed by atoms with Gasteiger partial charge < -0.3 is 4.74 Å². The van der Waals surface area contributed by atoms with Gasteiger partial charge in [-0.2, -0.15) is 19.2 Å². The van der Waals surface area contributed by atoms with Gasteiger partial charge in [0.05, 0.1) is 6.10 Å². The van der Waals surface area contributed by atoms with Gasteiger partial charge in [-0.1, -0.05) is 0 Å². The average molecular weight is 293 g/mol.